The monoisotopic (exact) mass is 203 g/mol. The van der Waals surface area contributed by atoms with Crippen molar-refractivity contribution < 1.29 is 14.7 Å². The summed E-state index contributed by atoms with van der Waals surface area (Å²) in [7, 11) is 0. The van der Waals surface area contributed by atoms with Gasteiger partial charge in [-0.1, -0.05) is 12.0 Å². The van der Waals surface area contributed by atoms with Gasteiger partial charge < -0.3 is 10.4 Å². The number of anilines is 1. The number of nitrogens with one attached hydrogen (secondary N) is 1. The molecule has 0 heterocycles. The molecule has 1 aromatic rings. The van der Waals surface area contributed by atoms with Gasteiger partial charge in [0.25, 0.3) is 0 Å². The number of carbonyl (C=O) groups is 2. The van der Waals surface area contributed by atoms with Crippen LogP contribution in [0.1, 0.15) is 12.5 Å². The molecule has 2 N–H and O–H groups in total. The van der Waals surface area contributed by atoms with E-state index in [0.717, 1.165) is 0 Å². The predicted octanol–water partition coefficient (Wildman–Crippen LogP) is 1.08. The third kappa shape index (κ3) is 3.96. The topological polar surface area (TPSA) is 66.4 Å². The average Bonchev–Trinajstić information content (AvgIpc) is 2.14. The summed E-state index contributed by atoms with van der Waals surface area (Å²) in [6.45, 7) is 1.40. The van der Waals surface area contributed by atoms with Crippen LogP contribution in [0.5, 0.6) is 0 Å². The first-order chi connectivity index (χ1) is 7.08. The maximum Gasteiger partial charge on any atom is 0.382 e. The lowest BCUT2D eigenvalue weighted by Gasteiger charge is -2.00. The third-order valence-corrected chi connectivity index (χ3v) is 1.50. The lowest BCUT2D eigenvalue weighted by Crippen LogP contribution is -2.05. The van der Waals surface area contributed by atoms with Gasteiger partial charge in [0.15, 0.2) is 0 Å². The number of amides is 1. The smallest absolute Gasteiger partial charge is 0.382 e. The highest BCUT2D eigenvalue weighted by Crippen LogP contribution is 2.09. The van der Waals surface area contributed by atoms with Crippen molar-refractivity contribution >= 4 is 17.6 Å². The SMILES string of the molecule is CC(=O)Nc1cccc(C#CC(=O)O)c1. The van der Waals surface area contributed by atoms with Gasteiger partial charge in [-0.05, 0) is 18.2 Å². The van der Waals surface area contributed by atoms with Crippen LogP contribution in [0.15, 0.2) is 24.3 Å². The van der Waals surface area contributed by atoms with E-state index in [1.165, 1.54) is 6.92 Å². The molecule has 0 aromatic heterocycles. The van der Waals surface area contributed by atoms with Gasteiger partial charge in [0.1, 0.15) is 0 Å². The zero-order valence-electron chi connectivity index (χ0n) is 8.07. The summed E-state index contributed by atoms with van der Waals surface area (Å²) >= 11 is 0. The fourth-order valence-electron chi connectivity index (χ4n) is 1.00. The Morgan fingerprint density at radius 2 is 2.13 bits per heavy atom. The van der Waals surface area contributed by atoms with Crippen molar-refractivity contribution in [2.24, 2.45) is 0 Å². The van der Waals surface area contributed by atoms with Gasteiger partial charge in [0.2, 0.25) is 5.91 Å². The highest BCUT2D eigenvalue weighted by Gasteiger charge is 1.95. The van der Waals surface area contributed by atoms with Crippen LogP contribution >= 0.6 is 0 Å². The molecule has 0 spiro atoms. The second-order valence-corrected chi connectivity index (χ2v) is 2.82. The van der Waals surface area contributed by atoms with Crippen LogP contribution in [0.3, 0.4) is 0 Å². The number of carbonyl (C=O) groups excluding carboxylic acids is 1. The fourth-order valence-corrected chi connectivity index (χ4v) is 1.00. The molecule has 0 bridgehead atoms. The molecule has 76 valence electrons. The van der Waals surface area contributed by atoms with Gasteiger partial charge in [0.05, 0.1) is 0 Å². The third-order valence-electron chi connectivity index (χ3n) is 1.50. The molecule has 4 nitrogen and oxygen atoms in total. The number of carboxylic acid groups (broad SMARTS) is 1. The Kier molecular flexibility index (Phi) is 3.47. The first kappa shape index (κ1) is 10.8. The van der Waals surface area contributed by atoms with Crippen molar-refractivity contribution in [3.8, 4) is 11.8 Å². The largest absolute Gasteiger partial charge is 0.472 e. The van der Waals surface area contributed by atoms with Crippen molar-refractivity contribution in [3.05, 3.63) is 29.8 Å². The quantitative estimate of drug-likeness (QED) is 0.671. The number of hydrogen-bond donors (Lipinski definition) is 2. The molecule has 1 amide bonds. The Morgan fingerprint density at radius 1 is 1.40 bits per heavy atom. The van der Waals surface area contributed by atoms with Gasteiger partial charge in [0, 0.05) is 24.1 Å². The van der Waals surface area contributed by atoms with Crippen LogP contribution in [0.4, 0.5) is 5.69 Å². The van der Waals surface area contributed by atoms with Gasteiger partial charge in [-0.3, -0.25) is 4.79 Å². The molecule has 0 saturated carbocycles. The zero-order valence-corrected chi connectivity index (χ0v) is 8.07. The highest BCUT2D eigenvalue weighted by molar-refractivity contribution is 5.89. The number of carboxylic acids is 1. The van der Waals surface area contributed by atoms with Crippen molar-refractivity contribution in [2.45, 2.75) is 6.92 Å². The van der Waals surface area contributed by atoms with E-state index in [0.29, 0.717) is 11.3 Å². The fraction of sp³-hybridized carbons (Fsp3) is 0.0909. The highest BCUT2D eigenvalue weighted by atomic mass is 16.4. The molecular weight excluding hydrogens is 194 g/mol. The summed E-state index contributed by atoms with van der Waals surface area (Å²) in [4.78, 5) is 20.9. The molecule has 0 unspecified atom stereocenters. The molecule has 0 aliphatic heterocycles. The van der Waals surface area contributed by atoms with Gasteiger partial charge in [-0.2, -0.15) is 0 Å². The first-order valence-electron chi connectivity index (χ1n) is 4.20. The van der Waals surface area contributed by atoms with Gasteiger partial charge in [-0.15, -0.1) is 0 Å². The van der Waals surface area contributed by atoms with E-state index in [9.17, 15) is 9.59 Å². The number of benzene rings is 1. The summed E-state index contributed by atoms with van der Waals surface area (Å²) in [6, 6.07) is 6.67. The molecule has 15 heavy (non-hydrogen) atoms. The molecule has 0 aliphatic rings. The Balaban J connectivity index is 2.89. The van der Waals surface area contributed by atoms with E-state index >= 15 is 0 Å². The molecule has 0 radical (unpaired) electrons. The normalized spacial score (nSPS) is 8.60. The number of rotatable bonds is 1. The molecule has 0 saturated heterocycles. The molecule has 0 atom stereocenters. The average molecular weight is 203 g/mol. The van der Waals surface area contributed by atoms with Gasteiger partial charge in [-0.25, -0.2) is 4.79 Å². The van der Waals surface area contributed by atoms with Crippen LogP contribution in [0.2, 0.25) is 0 Å². The van der Waals surface area contributed by atoms with Crippen LogP contribution < -0.4 is 5.32 Å². The van der Waals surface area contributed by atoms with Gasteiger partial charge >= 0.3 is 5.97 Å². The lowest BCUT2D eigenvalue weighted by atomic mass is 10.2. The minimum absolute atomic E-state index is 0.182. The van der Waals surface area contributed by atoms with E-state index in [1.54, 1.807) is 24.3 Å². The second-order valence-electron chi connectivity index (χ2n) is 2.82. The Hall–Kier alpha value is -2.28. The number of hydrogen-bond acceptors (Lipinski definition) is 2. The minimum atomic E-state index is -1.18. The maximum atomic E-state index is 10.7. The van der Waals surface area contributed by atoms with E-state index in [-0.39, 0.29) is 5.91 Å². The molecular formula is C11H9NO3. The summed E-state index contributed by atoms with van der Waals surface area (Å²) in [5, 5.41) is 10.9. The molecule has 0 fully saturated rings. The summed E-state index contributed by atoms with van der Waals surface area (Å²) in [5.74, 6) is 3.09. The summed E-state index contributed by atoms with van der Waals surface area (Å²) in [6.07, 6.45) is 0. The Morgan fingerprint density at radius 3 is 2.73 bits per heavy atom. The summed E-state index contributed by atoms with van der Waals surface area (Å²) < 4.78 is 0. The molecule has 1 aromatic carbocycles. The molecule has 4 heteroatoms. The Bertz CT molecular complexity index is 454. The van der Waals surface area contributed by atoms with Crippen molar-refractivity contribution in [1.29, 1.82) is 0 Å². The Labute approximate surface area is 86.9 Å². The van der Waals surface area contributed by atoms with Crippen molar-refractivity contribution in [3.63, 3.8) is 0 Å². The van der Waals surface area contributed by atoms with Crippen LogP contribution in [0.25, 0.3) is 0 Å². The standard InChI is InChI=1S/C11H9NO3/c1-8(13)12-10-4-2-3-9(7-10)5-6-11(14)15/h2-4,7H,1H3,(H,12,13)(H,14,15). The zero-order chi connectivity index (χ0) is 11.3. The van der Waals surface area contributed by atoms with Crippen molar-refractivity contribution in [1.82, 2.24) is 0 Å². The minimum Gasteiger partial charge on any atom is -0.472 e. The van der Waals surface area contributed by atoms with E-state index in [1.807, 2.05) is 5.92 Å². The molecule has 0 aliphatic carbocycles. The second kappa shape index (κ2) is 4.82. The van der Waals surface area contributed by atoms with E-state index in [2.05, 4.69) is 11.2 Å². The van der Waals surface area contributed by atoms with E-state index < -0.39 is 5.97 Å². The first-order valence-corrected chi connectivity index (χ1v) is 4.20. The number of aliphatic carboxylic acids is 1. The maximum absolute atomic E-state index is 10.7. The lowest BCUT2D eigenvalue weighted by molar-refractivity contribution is -0.130. The van der Waals surface area contributed by atoms with Crippen molar-refractivity contribution in [2.75, 3.05) is 5.32 Å². The summed E-state index contributed by atoms with van der Waals surface area (Å²) in [5.41, 5.74) is 1.14. The molecule has 1 rings (SSSR count). The van der Waals surface area contributed by atoms with E-state index in [4.69, 9.17) is 5.11 Å². The van der Waals surface area contributed by atoms with Crippen LogP contribution in [-0.4, -0.2) is 17.0 Å². The van der Waals surface area contributed by atoms with Crippen LogP contribution in [0, 0.1) is 11.8 Å². The predicted molar refractivity (Wildman–Crippen MR) is 55.3 cm³/mol. The van der Waals surface area contributed by atoms with Crippen LogP contribution in [-0.2, 0) is 9.59 Å².